The van der Waals surface area contributed by atoms with Gasteiger partial charge in [-0.1, -0.05) is 23.9 Å². The van der Waals surface area contributed by atoms with Crippen molar-refractivity contribution >= 4 is 29.1 Å². The third-order valence-corrected chi connectivity index (χ3v) is 3.09. The fourth-order valence-electron chi connectivity index (χ4n) is 1.60. The van der Waals surface area contributed by atoms with Crippen LogP contribution in [0.15, 0.2) is 35.5 Å². The third-order valence-electron chi connectivity index (χ3n) is 2.55. The van der Waals surface area contributed by atoms with E-state index in [4.69, 9.17) is 11.1 Å². The van der Waals surface area contributed by atoms with Gasteiger partial charge in [-0.2, -0.15) is 5.26 Å². The van der Waals surface area contributed by atoms with Crippen molar-refractivity contribution in [3.05, 3.63) is 35.9 Å². The zero-order valence-electron chi connectivity index (χ0n) is 10.9. The van der Waals surface area contributed by atoms with Crippen LogP contribution in [0.2, 0.25) is 0 Å². The third kappa shape index (κ3) is 3.60. The van der Waals surface area contributed by atoms with Crippen molar-refractivity contribution in [1.29, 1.82) is 5.26 Å². The SMILES string of the molecule is CSc1nc(NN)cc(Nc2ccc(CC#N)cc2)n1. The molecule has 7 heteroatoms. The zero-order chi connectivity index (χ0) is 14.4. The number of thioether (sulfide) groups is 1. The number of aromatic nitrogens is 2. The Bertz CT molecular complexity index is 597. The Morgan fingerprint density at radius 1 is 1.25 bits per heavy atom. The first kappa shape index (κ1) is 14.1. The molecule has 0 radical (unpaired) electrons. The molecule has 0 bridgehead atoms. The zero-order valence-corrected chi connectivity index (χ0v) is 11.7. The van der Waals surface area contributed by atoms with Crippen LogP contribution in [0.4, 0.5) is 17.3 Å². The molecule has 0 unspecified atom stereocenters. The number of nitrogens with two attached hydrogens (primary N) is 1. The van der Waals surface area contributed by atoms with E-state index in [0.717, 1.165) is 11.3 Å². The van der Waals surface area contributed by atoms with Gasteiger partial charge in [-0.05, 0) is 24.0 Å². The Morgan fingerprint density at radius 2 is 1.95 bits per heavy atom. The van der Waals surface area contributed by atoms with Crippen molar-refractivity contribution in [3.8, 4) is 6.07 Å². The Morgan fingerprint density at radius 3 is 2.55 bits per heavy atom. The molecule has 0 amide bonds. The van der Waals surface area contributed by atoms with E-state index < -0.39 is 0 Å². The molecule has 0 aliphatic carbocycles. The number of hydrazine groups is 1. The second kappa shape index (κ2) is 6.75. The van der Waals surface area contributed by atoms with Crippen LogP contribution in [-0.2, 0) is 6.42 Å². The summed E-state index contributed by atoms with van der Waals surface area (Å²) in [5, 5.41) is 12.4. The topological polar surface area (TPSA) is 99.6 Å². The van der Waals surface area contributed by atoms with Crippen LogP contribution in [0, 0.1) is 11.3 Å². The summed E-state index contributed by atoms with van der Waals surface area (Å²) in [4.78, 5) is 8.54. The molecule has 1 aromatic carbocycles. The summed E-state index contributed by atoms with van der Waals surface area (Å²) < 4.78 is 0. The Kier molecular flexibility index (Phi) is 4.76. The molecule has 6 nitrogen and oxygen atoms in total. The van der Waals surface area contributed by atoms with E-state index in [1.807, 2.05) is 30.5 Å². The number of nitriles is 1. The highest BCUT2D eigenvalue weighted by Gasteiger charge is 2.03. The highest BCUT2D eigenvalue weighted by molar-refractivity contribution is 7.98. The number of nitrogens with zero attached hydrogens (tertiary/aromatic N) is 3. The van der Waals surface area contributed by atoms with E-state index >= 15 is 0 Å². The predicted octanol–water partition coefficient (Wildman–Crippen LogP) is 2.29. The molecule has 0 atom stereocenters. The normalized spacial score (nSPS) is 9.85. The average Bonchev–Trinajstić information content (AvgIpc) is 2.49. The molecule has 1 heterocycles. The number of nitrogen functional groups attached to an aromatic ring is 1. The van der Waals surface area contributed by atoms with Gasteiger partial charge >= 0.3 is 0 Å². The van der Waals surface area contributed by atoms with E-state index in [0.29, 0.717) is 23.2 Å². The maximum Gasteiger partial charge on any atom is 0.191 e. The van der Waals surface area contributed by atoms with Crippen LogP contribution < -0.4 is 16.6 Å². The van der Waals surface area contributed by atoms with Gasteiger partial charge in [0.1, 0.15) is 11.6 Å². The van der Waals surface area contributed by atoms with Crippen molar-refractivity contribution in [2.24, 2.45) is 5.84 Å². The summed E-state index contributed by atoms with van der Waals surface area (Å²) in [7, 11) is 0. The standard InChI is InChI=1S/C13H14N6S/c1-20-13-17-11(8-12(18-13)19-15)16-10-4-2-9(3-5-10)6-7-14/h2-5,8H,6,15H2,1H3,(H2,16,17,18,19). The fraction of sp³-hybridized carbons (Fsp3) is 0.154. The number of hydrogen-bond acceptors (Lipinski definition) is 7. The number of rotatable bonds is 5. The van der Waals surface area contributed by atoms with Gasteiger partial charge in [0.15, 0.2) is 5.16 Å². The van der Waals surface area contributed by atoms with Gasteiger partial charge < -0.3 is 10.7 Å². The van der Waals surface area contributed by atoms with Crippen LogP contribution in [0.25, 0.3) is 0 Å². The first-order chi connectivity index (χ1) is 9.75. The molecular weight excluding hydrogens is 272 g/mol. The first-order valence-electron chi connectivity index (χ1n) is 5.87. The molecule has 0 saturated carbocycles. The minimum Gasteiger partial charge on any atom is -0.340 e. The molecule has 4 N–H and O–H groups in total. The van der Waals surface area contributed by atoms with Gasteiger partial charge in [0.05, 0.1) is 12.5 Å². The lowest BCUT2D eigenvalue weighted by molar-refractivity contribution is 0.971. The summed E-state index contributed by atoms with van der Waals surface area (Å²) in [6, 6.07) is 11.5. The van der Waals surface area contributed by atoms with Gasteiger partial charge in [-0.3, -0.25) is 0 Å². The van der Waals surface area contributed by atoms with Crippen molar-refractivity contribution in [3.63, 3.8) is 0 Å². The van der Waals surface area contributed by atoms with Crippen LogP contribution in [0.3, 0.4) is 0 Å². The lowest BCUT2D eigenvalue weighted by Gasteiger charge is -2.09. The molecule has 102 valence electrons. The summed E-state index contributed by atoms with van der Waals surface area (Å²) >= 11 is 1.44. The minimum atomic E-state index is 0.408. The molecule has 0 aliphatic heterocycles. The lowest BCUT2D eigenvalue weighted by atomic mass is 10.1. The minimum absolute atomic E-state index is 0.408. The monoisotopic (exact) mass is 286 g/mol. The summed E-state index contributed by atoms with van der Waals surface area (Å²) in [5.74, 6) is 6.59. The molecule has 0 spiro atoms. The van der Waals surface area contributed by atoms with Crippen LogP contribution in [-0.4, -0.2) is 16.2 Å². The molecule has 20 heavy (non-hydrogen) atoms. The fourth-order valence-corrected chi connectivity index (χ4v) is 1.98. The van der Waals surface area contributed by atoms with Gasteiger partial charge in [0, 0.05) is 11.8 Å². The van der Waals surface area contributed by atoms with Crippen molar-refractivity contribution in [1.82, 2.24) is 9.97 Å². The van der Waals surface area contributed by atoms with E-state index in [1.165, 1.54) is 11.8 Å². The molecule has 0 fully saturated rings. The van der Waals surface area contributed by atoms with Crippen LogP contribution in [0.5, 0.6) is 0 Å². The largest absolute Gasteiger partial charge is 0.340 e. The molecular formula is C13H14N6S. The molecule has 2 aromatic rings. The highest BCUT2D eigenvalue weighted by atomic mass is 32.2. The van der Waals surface area contributed by atoms with Crippen LogP contribution >= 0.6 is 11.8 Å². The van der Waals surface area contributed by atoms with Crippen molar-refractivity contribution < 1.29 is 0 Å². The number of hydrogen-bond donors (Lipinski definition) is 3. The van der Waals surface area contributed by atoms with Gasteiger partial charge in [0.2, 0.25) is 0 Å². The summed E-state index contributed by atoms with van der Waals surface area (Å²) in [6.45, 7) is 0. The van der Waals surface area contributed by atoms with Crippen LogP contribution in [0.1, 0.15) is 5.56 Å². The Balaban J connectivity index is 2.18. The maximum atomic E-state index is 8.64. The van der Waals surface area contributed by atoms with E-state index in [9.17, 15) is 0 Å². The smallest absolute Gasteiger partial charge is 0.191 e. The van der Waals surface area contributed by atoms with Crippen molar-refractivity contribution in [2.45, 2.75) is 11.6 Å². The Labute approximate surface area is 121 Å². The van der Waals surface area contributed by atoms with Gasteiger partial charge in [-0.25, -0.2) is 15.8 Å². The van der Waals surface area contributed by atoms with E-state index in [1.54, 1.807) is 6.07 Å². The quantitative estimate of drug-likeness (QED) is 0.335. The summed E-state index contributed by atoms with van der Waals surface area (Å²) in [5.41, 5.74) is 4.38. The van der Waals surface area contributed by atoms with E-state index in [2.05, 4.69) is 26.8 Å². The van der Waals surface area contributed by atoms with Crippen molar-refractivity contribution in [2.75, 3.05) is 17.0 Å². The lowest BCUT2D eigenvalue weighted by Crippen LogP contribution is -2.10. The van der Waals surface area contributed by atoms with Gasteiger partial charge in [-0.15, -0.1) is 0 Å². The molecule has 2 rings (SSSR count). The van der Waals surface area contributed by atoms with Gasteiger partial charge in [0.25, 0.3) is 0 Å². The Hall–Kier alpha value is -2.30. The highest BCUT2D eigenvalue weighted by Crippen LogP contribution is 2.20. The molecule has 0 saturated heterocycles. The summed E-state index contributed by atoms with van der Waals surface area (Å²) in [6.07, 6.45) is 2.31. The molecule has 1 aromatic heterocycles. The number of nitrogens with one attached hydrogen (secondary N) is 2. The average molecular weight is 286 g/mol. The maximum absolute atomic E-state index is 8.64. The number of benzene rings is 1. The first-order valence-corrected chi connectivity index (χ1v) is 7.10. The second-order valence-electron chi connectivity index (χ2n) is 3.93. The number of anilines is 3. The second-order valence-corrected chi connectivity index (χ2v) is 4.70. The van der Waals surface area contributed by atoms with E-state index in [-0.39, 0.29) is 0 Å². The predicted molar refractivity (Wildman–Crippen MR) is 80.7 cm³/mol. The molecule has 0 aliphatic rings.